The molecule has 0 spiro atoms. The summed E-state index contributed by atoms with van der Waals surface area (Å²) in [7, 11) is 0. The van der Waals surface area contributed by atoms with Gasteiger partial charge < -0.3 is 10.1 Å². The Balaban J connectivity index is 1.70. The van der Waals surface area contributed by atoms with Crippen molar-refractivity contribution in [3.05, 3.63) is 102 Å². The summed E-state index contributed by atoms with van der Waals surface area (Å²) in [5, 5.41) is 3.09. The Kier molecular flexibility index (Phi) is 6.46. The van der Waals surface area contributed by atoms with Crippen LogP contribution in [0.25, 0.3) is 11.1 Å². The molecule has 3 aromatic rings. The number of nitrogens with one attached hydrogen (secondary N) is 1. The van der Waals surface area contributed by atoms with Crippen LogP contribution in [0.15, 0.2) is 84.9 Å². The summed E-state index contributed by atoms with van der Waals surface area (Å²) in [5.41, 5.74) is 3.90. The summed E-state index contributed by atoms with van der Waals surface area (Å²) in [5.74, 6) is 0.520. The molecule has 0 heterocycles. The maximum Gasteiger partial charge on any atom is 0.217 e. The van der Waals surface area contributed by atoms with E-state index in [1.54, 1.807) is 19.1 Å². The largest absolute Gasteiger partial charge is 0.489 e. The lowest BCUT2D eigenvalue weighted by atomic mass is 9.80. The van der Waals surface area contributed by atoms with Gasteiger partial charge in [-0.25, -0.2) is 4.39 Å². The van der Waals surface area contributed by atoms with Gasteiger partial charge in [0, 0.05) is 18.9 Å². The zero-order valence-electron chi connectivity index (χ0n) is 17.6. The van der Waals surface area contributed by atoms with E-state index >= 15 is 0 Å². The van der Waals surface area contributed by atoms with E-state index < -0.39 is 0 Å². The molecule has 0 radical (unpaired) electrons. The van der Waals surface area contributed by atoms with Gasteiger partial charge in [0.1, 0.15) is 18.2 Å². The third-order valence-electron chi connectivity index (χ3n) is 5.63. The van der Waals surface area contributed by atoms with Crippen molar-refractivity contribution in [3.63, 3.8) is 0 Å². The molecule has 4 rings (SSSR count). The number of benzene rings is 3. The Morgan fingerprint density at radius 1 is 1.00 bits per heavy atom. The van der Waals surface area contributed by atoms with Crippen LogP contribution in [0.2, 0.25) is 0 Å². The first-order valence-corrected chi connectivity index (χ1v) is 10.6. The third-order valence-corrected chi connectivity index (χ3v) is 5.63. The monoisotopic (exact) mass is 415 g/mol. The zero-order chi connectivity index (χ0) is 21.6. The zero-order valence-corrected chi connectivity index (χ0v) is 17.6. The van der Waals surface area contributed by atoms with Crippen LogP contribution >= 0.6 is 0 Å². The Morgan fingerprint density at radius 3 is 2.58 bits per heavy atom. The van der Waals surface area contributed by atoms with E-state index in [1.165, 1.54) is 6.07 Å². The minimum absolute atomic E-state index is 0.00546. The third kappa shape index (κ3) is 5.21. The minimum Gasteiger partial charge on any atom is -0.489 e. The van der Waals surface area contributed by atoms with Crippen LogP contribution in [-0.4, -0.2) is 11.9 Å². The van der Waals surface area contributed by atoms with Gasteiger partial charge in [-0.1, -0.05) is 60.7 Å². The van der Waals surface area contributed by atoms with Crippen molar-refractivity contribution >= 4 is 5.91 Å². The highest BCUT2D eigenvalue weighted by Crippen LogP contribution is 2.38. The van der Waals surface area contributed by atoms with Crippen molar-refractivity contribution in [1.29, 1.82) is 0 Å². The molecule has 1 amide bonds. The second-order valence-electron chi connectivity index (χ2n) is 7.89. The van der Waals surface area contributed by atoms with Gasteiger partial charge in [-0.15, -0.1) is 0 Å². The Hall–Kier alpha value is -3.40. The molecule has 0 aliphatic heterocycles. The summed E-state index contributed by atoms with van der Waals surface area (Å²) in [4.78, 5) is 11.8. The Bertz CT molecular complexity index is 1080. The number of hydrogen-bond donors (Lipinski definition) is 1. The number of ether oxygens (including phenoxy) is 1. The summed E-state index contributed by atoms with van der Waals surface area (Å²) >= 11 is 0. The highest BCUT2D eigenvalue weighted by molar-refractivity contribution is 5.74. The molecular formula is C27H26FNO2. The fourth-order valence-electron chi connectivity index (χ4n) is 4.17. The molecular weight excluding hydrogens is 389 g/mol. The van der Waals surface area contributed by atoms with Crippen molar-refractivity contribution in [2.75, 3.05) is 0 Å². The maximum atomic E-state index is 14.0. The van der Waals surface area contributed by atoms with E-state index in [4.69, 9.17) is 4.74 Å². The fourth-order valence-corrected chi connectivity index (χ4v) is 4.17. The topological polar surface area (TPSA) is 38.3 Å². The number of rotatable bonds is 6. The van der Waals surface area contributed by atoms with E-state index in [9.17, 15) is 9.18 Å². The van der Waals surface area contributed by atoms with Crippen molar-refractivity contribution in [3.8, 4) is 16.9 Å². The molecule has 1 N–H and O–H groups in total. The molecule has 0 fully saturated rings. The molecule has 3 aromatic carbocycles. The van der Waals surface area contributed by atoms with Crippen LogP contribution in [0.1, 0.15) is 36.8 Å². The van der Waals surface area contributed by atoms with Gasteiger partial charge in [0.2, 0.25) is 5.91 Å². The Labute approximate surface area is 182 Å². The first kappa shape index (κ1) is 20.9. The molecule has 1 aliphatic rings. The minimum atomic E-state index is -0.277. The van der Waals surface area contributed by atoms with Crippen molar-refractivity contribution in [1.82, 2.24) is 5.32 Å². The lowest BCUT2D eigenvalue weighted by molar-refractivity contribution is -0.119. The van der Waals surface area contributed by atoms with Gasteiger partial charge in [-0.2, -0.15) is 0 Å². The Morgan fingerprint density at radius 2 is 1.81 bits per heavy atom. The van der Waals surface area contributed by atoms with Crippen LogP contribution < -0.4 is 10.1 Å². The number of allylic oxidation sites excluding steroid dienone is 1. The first-order chi connectivity index (χ1) is 15.1. The molecule has 0 saturated heterocycles. The van der Waals surface area contributed by atoms with E-state index in [0.717, 1.165) is 40.8 Å². The van der Waals surface area contributed by atoms with E-state index in [1.807, 2.05) is 48.5 Å². The SMILES string of the molecule is CC(=O)NC1CC=CCC1c1ccc(OCc2ccccc2)cc1-c1cccc(F)c1. The van der Waals surface area contributed by atoms with Gasteiger partial charge in [0.15, 0.2) is 0 Å². The highest BCUT2D eigenvalue weighted by Gasteiger charge is 2.27. The molecule has 3 nitrogen and oxygen atoms in total. The van der Waals surface area contributed by atoms with Gasteiger partial charge in [0.05, 0.1) is 0 Å². The number of amides is 1. The molecule has 2 unspecified atom stereocenters. The van der Waals surface area contributed by atoms with Crippen LogP contribution in [-0.2, 0) is 11.4 Å². The lowest BCUT2D eigenvalue weighted by Gasteiger charge is -2.31. The molecule has 0 saturated carbocycles. The van der Waals surface area contributed by atoms with Gasteiger partial charge in [-0.05, 0) is 59.4 Å². The quantitative estimate of drug-likeness (QED) is 0.501. The number of hydrogen-bond acceptors (Lipinski definition) is 2. The van der Waals surface area contributed by atoms with Gasteiger partial charge in [-0.3, -0.25) is 4.79 Å². The average molecular weight is 416 g/mol. The van der Waals surface area contributed by atoms with Gasteiger partial charge in [0.25, 0.3) is 0 Å². The maximum absolute atomic E-state index is 14.0. The number of carbonyl (C=O) groups is 1. The summed E-state index contributed by atoms with van der Waals surface area (Å²) in [6, 6.07) is 22.6. The normalized spacial score (nSPS) is 17.9. The standard InChI is InChI=1S/C27H26FNO2/c1-19(30)29-27-13-6-5-12-25(27)24-15-14-23(31-18-20-8-3-2-4-9-20)17-26(24)21-10-7-11-22(28)16-21/h2-11,14-17,25,27H,12-13,18H2,1H3,(H,29,30). The molecule has 0 aromatic heterocycles. The number of halogens is 1. The van der Waals surface area contributed by atoms with Crippen molar-refractivity contribution in [2.45, 2.75) is 38.3 Å². The second-order valence-corrected chi connectivity index (χ2v) is 7.89. The predicted octanol–water partition coefficient (Wildman–Crippen LogP) is 6.01. The first-order valence-electron chi connectivity index (χ1n) is 10.6. The van der Waals surface area contributed by atoms with E-state index in [-0.39, 0.29) is 23.7 Å². The van der Waals surface area contributed by atoms with Crippen LogP contribution in [0.4, 0.5) is 4.39 Å². The molecule has 1 aliphatic carbocycles. The smallest absolute Gasteiger partial charge is 0.217 e. The predicted molar refractivity (Wildman–Crippen MR) is 121 cm³/mol. The van der Waals surface area contributed by atoms with Gasteiger partial charge >= 0.3 is 0 Å². The van der Waals surface area contributed by atoms with Crippen molar-refractivity contribution < 1.29 is 13.9 Å². The highest BCUT2D eigenvalue weighted by atomic mass is 19.1. The summed E-state index contributed by atoms with van der Waals surface area (Å²) < 4.78 is 20.1. The van der Waals surface area contributed by atoms with E-state index in [2.05, 4.69) is 23.5 Å². The van der Waals surface area contributed by atoms with Crippen LogP contribution in [0, 0.1) is 5.82 Å². The lowest BCUT2D eigenvalue weighted by Crippen LogP contribution is -2.38. The second kappa shape index (κ2) is 9.61. The molecule has 158 valence electrons. The van der Waals surface area contributed by atoms with E-state index in [0.29, 0.717) is 6.61 Å². The fraction of sp³-hybridized carbons (Fsp3) is 0.222. The summed E-state index contributed by atoms with van der Waals surface area (Å²) in [6.45, 7) is 2.01. The van der Waals surface area contributed by atoms with Crippen LogP contribution in [0.3, 0.4) is 0 Å². The number of carbonyl (C=O) groups excluding carboxylic acids is 1. The van der Waals surface area contributed by atoms with Crippen LogP contribution in [0.5, 0.6) is 5.75 Å². The molecule has 31 heavy (non-hydrogen) atoms. The summed E-state index contributed by atoms with van der Waals surface area (Å²) in [6.07, 6.45) is 5.85. The molecule has 2 atom stereocenters. The molecule has 0 bridgehead atoms. The average Bonchev–Trinajstić information content (AvgIpc) is 2.78. The van der Waals surface area contributed by atoms with Crippen molar-refractivity contribution in [2.24, 2.45) is 0 Å². The molecule has 4 heteroatoms.